The Balaban J connectivity index is 1.35. The number of anilines is 1. The zero-order chi connectivity index (χ0) is 21.6. The number of hydrogen-bond donors (Lipinski definition) is 1. The minimum Gasteiger partial charge on any atom is -0.411 e. The standard InChI is InChI=1S/C22H16N4O4S/c27-20(23-17-12-10-16(11-13-17)15-6-2-1-3-7-15)14-31-22-25-24-21(30-22)18-8-4-5-9-19(18)26(28)29/h1-13H,14H2,(H,23,27). The fraction of sp³-hybridized carbons (Fsp3) is 0.0455. The van der Waals surface area contributed by atoms with Crippen molar-refractivity contribution in [3.63, 3.8) is 0 Å². The van der Waals surface area contributed by atoms with Crippen molar-refractivity contribution in [1.82, 2.24) is 10.2 Å². The summed E-state index contributed by atoms with van der Waals surface area (Å²) in [6.45, 7) is 0. The SMILES string of the molecule is O=C(CSc1nnc(-c2ccccc2[N+](=O)[O-])o1)Nc1ccc(-c2ccccc2)cc1. The second-order valence-corrected chi connectivity index (χ2v) is 7.35. The van der Waals surface area contributed by atoms with Gasteiger partial charge in [-0.15, -0.1) is 10.2 Å². The number of thioether (sulfide) groups is 1. The molecule has 9 heteroatoms. The normalized spacial score (nSPS) is 10.6. The van der Waals surface area contributed by atoms with E-state index in [9.17, 15) is 14.9 Å². The predicted octanol–water partition coefficient (Wildman–Crippen LogP) is 5.04. The molecule has 0 aliphatic heterocycles. The van der Waals surface area contributed by atoms with Gasteiger partial charge in [0, 0.05) is 11.8 Å². The number of benzene rings is 3. The van der Waals surface area contributed by atoms with Gasteiger partial charge in [0.15, 0.2) is 0 Å². The Morgan fingerprint density at radius 2 is 1.61 bits per heavy atom. The van der Waals surface area contributed by atoms with Crippen molar-refractivity contribution in [1.29, 1.82) is 0 Å². The molecule has 0 atom stereocenters. The molecule has 4 rings (SSSR count). The summed E-state index contributed by atoms with van der Waals surface area (Å²) in [7, 11) is 0. The first-order valence-electron chi connectivity index (χ1n) is 9.25. The maximum Gasteiger partial charge on any atom is 0.282 e. The molecule has 31 heavy (non-hydrogen) atoms. The first-order valence-corrected chi connectivity index (χ1v) is 10.2. The number of amides is 1. The number of carbonyl (C=O) groups excluding carboxylic acids is 1. The van der Waals surface area contributed by atoms with Crippen molar-refractivity contribution < 1.29 is 14.1 Å². The smallest absolute Gasteiger partial charge is 0.282 e. The Bertz CT molecular complexity index is 1210. The van der Waals surface area contributed by atoms with Crippen LogP contribution in [0, 0.1) is 10.1 Å². The lowest BCUT2D eigenvalue weighted by Crippen LogP contribution is -2.13. The van der Waals surface area contributed by atoms with E-state index >= 15 is 0 Å². The number of hydrogen-bond acceptors (Lipinski definition) is 7. The molecular formula is C22H16N4O4S. The van der Waals surface area contributed by atoms with Gasteiger partial charge in [-0.3, -0.25) is 14.9 Å². The van der Waals surface area contributed by atoms with Gasteiger partial charge < -0.3 is 9.73 Å². The van der Waals surface area contributed by atoms with Crippen LogP contribution < -0.4 is 5.32 Å². The van der Waals surface area contributed by atoms with E-state index in [-0.39, 0.29) is 34.0 Å². The molecule has 154 valence electrons. The van der Waals surface area contributed by atoms with Crippen LogP contribution in [0.1, 0.15) is 0 Å². The van der Waals surface area contributed by atoms with E-state index in [1.54, 1.807) is 12.1 Å². The minimum absolute atomic E-state index is 0.0340. The Kier molecular flexibility index (Phi) is 6.04. The van der Waals surface area contributed by atoms with Crippen LogP contribution >= 0.6 is 11.8 Å². The summed E-state index contributed by atoms with van der Waals surface area (Å²) in [4.78, 5) is 22.9. The lowest BCUT2D eigenvalue weighted by atomic mass is 10.1. The van der Waals surface area contributed by atoms with Crippen LogP contribution in [-0.2, 0) is 4.79 Å². The fourth-order valence-corrected chi connectivity index (χ4v) is 3.45. The van der Waals surface area contributed by atoms with Gasteiger partial charge in [-0.05, 0) is 29.3 Å². The first-order chi connectivity index (χ1) is 15.1. The van der Waals surface area contributed by atoms with E-state index in [1.807, 2.05) is 54.6 Å². The highest BCUT2D eigenvalue weighted by atomic mass is 32.2. The molecule has 0 saturated carbocycles. The second kappa shape index (κ2) is 9.23. The molecular weight excluding hydrogens is 416 g/mol. The number of nitrogens with one attached hydrogen (secondary N) is 1. The monoisotopic (exact) mass is 432 g/mol. The predicted molar refractivity (Wildman–Crippen MR) is 118 cm³/mol. The van der Waals surface area contributed by atoms with Gasteiger partial charge in [0.05, 0.1) is 10.7 Å². The fourth-order valence-electron chi connectivity index (χ4n) is 2.89. The average molecular weight is 432 g/mol. The van der Waals surface area contributed by atoms with Crippen molar-refractivity contribution in [2.24, 2.45) is 0 Å². The highest BCUT2D eigenvalue weighted by Crippen LogP contribution is 2.30. The highest BCUT2D eigenvalue weighted by molar-refractivity contribution is 7.99. The third-order valence-electron chi connectivity index (χ3n) is 4.34. The molecule has 4 aromatic rings. The summed E-state index contributed by atoms with van der Waals surface area (Å²) in [5, 5.41) is 21.8. The van der Waals surface area contributed by atoms with Crippen molar-refractivity contribution in [2.75, 3.05) is 11.1 Å². The highest BCUT2D eigenvalue weighted by Gasteiger charge is 2.20. The van der Waals surface area contributed by atoms with Gasteiger partial charge in [0.1, 0.15) is 5.56 Å². The van der Waals surface area contributed by atoms with Crippen LogP contribution in [0.2, 0.25) is 0 Å². The summed E-state index contributed by atoms with van der Waals surface area (Å²) in [5.74, 6) is -0.145. The molecule has 1 amide bonds. The summed E-state index contributed by atoms with van der Waals surface area (Å²) in [5.41, 5.74) is 2.94. The molecule has 3 aromatic carbocycles. The van der Waals surface area contributed by atoms with Crippen LogP contribution in [0.25, 0.3) is 22.6 Å². The number of para-hydroxylation sites is 1. The first kappa shape index (κ1) is 20.3. The molecule has 0 aliphatic carbocycles. The summed E-state index contributed by atoms with van der Waals surface area (Å²) in [6, 6.07) is 23.6. The quantitative estimate of drug-likeness (QED) is 0.247. The van der Waals surface area contributed by atoms with Crippen molar-refractivity contribution in [3.05, 3.63) is 89.0 Å². The van der Waals surface area contributed by atoms with Gasteiger partial charge in [0.25, 0.3) is 16.8 Å². The van der Waals surface area contributed by atoms with Gasteiger partial charge >= 0.3 is 0 Å². The molecule has 0 saturated heterocycles. The number of rotatable bonds is 7. The molecule has 1 N–H and O–H groups in total. The van der Waals surface area contributed by atoms with E-state index in [2.05, 4.69) is 15.5 Å². The molecule has 0 bridgehead atoms. The number of nitrogens with zero attached hydrogens (tertiary/aromatic N) is 3. The van der Waals surface area contributed by atoms with Gasteiger partial charge in [-0.1, -0.05) is 66.4 Å². The molecule has 0 unspecified atom stereocenters. The van der Waals surface area contributed by atoms with Crippen molar-refractivity contribution >= 4 is 29.0 Å². The molecule has 1 heterocycles. The second-order valence-electron chi connectivity index (χ2n) is 6.43. The number of carbonyl (C=O) groups is 1. The maximum absolute atomic E-state index is 12.2. The topological polar surface area (TPSA) is 111 Å². The number of nitro benzene ring substituents is 1. The van der Waals surface area contributed by atoms with Gasteiger partial charge in [-0.25, -0.2) is 0 Å². The zero-order valence-corrected chi connectivity index (χ0v) is 16.9. The third-order valence-corrected chi connectivity index (χ3v) is 5.16. The Hall–Kier alpha value is -3.98. The largest absolute Gasteiger partial charge is 0.411 e. The summed E-state index contributed by atoms with van der Waals surface area (Å²) < 4.78 is 5.48. The van der Waals surface area contributed by atoms with Crippen molar-refractivity contribution in [3.8, 4) is 22.6 Å². The van der Waals surface area contributed by atoms with Gasteiger partial charge in [-0.2, -0.15) is 0 Å². The Labute approximate surface area is 181 Å². The number of aromatic nitrogens is 2. The minimum atomic E-state index is -0.511. The summed E-state index contributed by atoms with van der Waals surface area (Å²) in [6.07, 6.45) is 0. The molecule has 1 aromatic heterocycles. The average Bonchev–Trinajstić information content (AvgIpc) is 3.28. The van der Waals surface area contributed by atoms with Gasteiger partial charge in [0.2, 0.25) is 5.91 Å². The summed E-state index contributed by atoms with van der Waals surface area (Å²) >= 11 is 1.06. The van der Waals surface area contributed by atoms with Crippen LogP contribution in [-0.4, -0.2) is 26.8 Å². The molecule has 0 fully saturated rings. The number of nitro groups is 1. The van der Waals surface area contributed by atoms with Crippen LogP contribution in [0.5, 0.6) is 0 Å². The lowest BCUT2D eigenvalue weighted by molar-refractivity contribution is -0.384. The Morgan fingerprint density at radius 1 is 0.935 bits per heavy atom. The molecule has 0 aliphatic rings. The van der Waals surface area contributed by atoms with E-state index in [0.717, 1.165) is 22.9 Å². The zero-order valence-electron chi connectivity index (χ0n) is 16.1. The maximum atomic E-state index is 12.2. The lowest BCUT2D eigenvalue weighted by Gasteiger charge is -2.06. The molecule has 0 spiro atoms. The van der Waals surface area contributed by atoms with Crippen LogP contribution in [0.15, 0.2) is 88.5 Å². The van der Waals surface area contributed by atoms with E-state index in [0.29, 0.717) is 5.69 Å². The van der Waals surface area contributed by atoms with Crippen molar-refractivity contribution in [2.45, 2.75) is 5.22 Å². The van der Waals surface area contributed by atoms with E-state index in [1.165, 1.54) is 12.1 Å². The molecule has 0 radical (unpaired) electrons. The van der Waals surface area contributed by atoms with Crippen LogP contribution in [0.3, 0.4) is 0 Å². The van der Waals surface area contributed by atoms with E-state index in [4.69, 9.17) is 4.42 Å². The third kappa shape index (κ3) is 4.96. The van der Waals surface area contributed by atoms with Crippen LogP contribution in [0.4, 0.5) is 11.4 Å². The molecule has 8 nitrogen and oxygen atoms in total. The van der Waals surface area contributed by atoms with E-state index < -0.39 is 4.92 Å². The Morgan fingerprint density at radius 3 is 2.35 bits per heavy atom.